The molecule has 0 aliphatic heterocycles. The molecule has 3 nitrogen and oxygen atoms in total. The molecule has 1 aromatic rings. The Labute approximate surface area is 90.3 Å². The lowest BCUT2D eigenvalue weighted by Gasteiger charge is -2.07. The molecule has 0 aromatic heterocycles. The van der Waals surface area contributed by atoms with E-state index >= 15 is 0 Å². The highest BCUT2D eigenvalue weighted by atomic mass is 16.5. The Hall–Kier alpha value is -1.48. The van der Waals surface area contributed by atoms with Crippen molar-refractivity contribution in [3.63, 3.8) is 0 Å². The monoisotopic (exact) mass is 207 g/mol. The Balaban J connectivity index is 2.83. The quantitative estimate of drug-likeness (QED) is 0.742. The van der Waals surface area contributed by atoms with Gasteiger partial charge in [-0.1, -0.05) is 18.2 Å². The fraction of sp³-hybridized carbons (Fsp3) is 0.250. The molecule has 0 bridgehead atoms. The van der Waals surface area contributed by atoms with Crippen molar-refractivity contribution in [3.05, 3.63) is 36.9 Å². The van der Waals surface area contributed by atoms with E-state index in [0.717, 1.165) is 17.1 Å². The van der Waals surface area contributed by atoms with Crippen LogP contribution in [0, 0.1) is 7.11 Å². The fourth-order valence-electron chi connectivity index (χ4n) is 1.21. The summed E-state index contributed by atoms with van der Waals surface area (Å²) in [5, 5.41) is 0. The second kappa shape index (κ2) is 6.09. The van der Waals surface area contributed by atoms with Crippen LogP contribution in [-0.2, 0) is 4.74 Å². The number of hydrogen-bond acceptors (Lipinski definition) is 3. The third kappa shape index (κ3) is 3.29. The van der Waals surface area contributed by atoms with Gasteiger partial charge in [-0.2, -0.15) is 0 Å². The first-order chi connectivity index (χ1) is 7.31. The Morgan fingerprint density at radius 1 is 1.20 bits per heavy atom. The van der Waals surface area contributed by atoms with Crippen LogP contribution in [0.5, 0.6) is 11.5 Å². The Morgan fingerprint density at radius 3 is 2.53 bits per heavy atom. The molecule has 0 aliphatic carbocycles. The van der Waals surface area contributed by atoms with E-state index in [4.69, 9.17) is 9.47 Å². The molecule has 0 saturated carbocycles. The van der Waals surface area contributed by atoms with E-state index in [-0.39, 0.29) is 0 Å². The van der Waals surface area contributed by atoms with Crippen molar-refractivity contribution >= 4 is 6.08 Å². The fourth-order valence-corrected chi connectivity index (χ4v) is 1.21. The average molecular weight is 207 g/mol. The molecule has 0 atom stereocenters. The highest BCUT2D eigenvalue weighted by Crippen LogP contribution is 2.27. The molecule has 15 heavy (non-hydrogen) atoms. The molecule has 0 saturated heterocycles. The Bertz CT molecular complexity index is 332. The first-order valence-electron chi connectivity index (χ1n) is 4.57. The third-order valence-corrected chi connectivity index (χ3v) is 1.93. The van der Waals surface area contributed by atoms with E-state index in [9.17, 15) is 0 Å². The number of rotatable bonds is 5. The summed E-state index contributed by atoms with van der Waals surface area (Å²) in [6, 6.07) is 5.71. The molecule has 1 rings (SSSR count). The van der Waals surface area contributed by atoms with Gasteiger partial charge in [0.05, 0.1) is 27.9 Å². The maximum absolute atomic E-state index is 5.18. The first kappa shape index (κ1) is 11.6. The number of benzene rings is 1. The minimum absolute atomic E-state index is 0.494. The van der Waals surface area contributed by atoms with Gasteiger partial charge in [-0.3, -0.25) is 0 Å². The largest absolute Gasteiger partial charge is 0.493 e. The molecule has 81 valence electrons. The molecule has 1 aromatic carbocycles. The van der Waals surface area contributed by atoms with Gasteiger partial charge < -0.3 is 14.2 Å². The minimum atomic E-state index is 0.494. The lowest BCUT2D eigenvalue weighted by molar-refractivity contribution is 0.282. The molecule has 0 spiro atoms. The zero-order valence-electron chi connectivity index (χ0n) is 9.03. The van der Waals surface area contributed by atoms with Gasteiger partial charge in [-0.15, -0.1) is 0 Å². The zero-order chi connectivity index (χ0) is 11.1. The lowest BCUT2D eigenvalue weighted by Crippen LogP contribution is -1.90. The van der Waals surface area contributed by atoms with Crippen LogP contribution in [0.3, 0.4) is 0 Å². The summed E-state index contributed by atoms with van der Waals surface area (Å²) in [6.45, 7) is 0.494. The average Bonchev–Trinajstić information content (AvgIpc) is 2.29. The normalized spacial score (nSPS) is 10.6. The maximum Gasteiger partial charge on any atom is 0.161 e. The van der Waals surface area contributed by atoms with Crippen molar-refractivity contribution in [3.8, 4) is 11.5 Å². The van der Waals surface area contributed by atoms with Gasteiger partial charge in [-0.05, 0) is 17.7 Å². The molecular formula is C12H15O3. The SMILES string of the molecule is [CH2]OCC=Cc1ccc(OC)c(OC)c1. The minimum Gasteiger partial charge on any atom is -0.493 e. The molecular weight excluding hydrogens is 192 g/mol. The summed E-state index contributed by atoms with van der Waals surface area (Å²) in [5.41, 5.74) is 1.03. The van der Waals surface area contributed by atoms with E-state index in [1.165, 1.54) is 0 Å². The second-order valence-electron chi connectivity index (χ2n) is 2.89. The van der Waals surface area contributed by atoms with E-state index in [1.54, 1.807) is 14.2 Å². The van der Waals surface area contributed by atoms with Gasteiger partial charge in [0.15, 0.2) is 11.5 Å². The van der Waals surface area contributed by atoms with Crippen molar-refractivity contribution in [1.82, 2.24) is 0 Å². The summed E-state index contributed by atoms with van der Waals surface area (Å²) >= 11 is 0. The predicted molar refractivity (Wildman–Crippen MR) is 59.9 cm³/mol. The topological polar surface area (TPSA) is 27.7 Å². The predicted octanol–water partition coefficient (Wildman–Crippen LogP) is 2.53. The summed E-state index contributed by atoms with van der Waals surface area (Å²) in [4.78, 5) is 0. The Morgan fingerprint density at radius 2 is 1.93 bits per heavy atom. The van der Waals surface area contributed by atoms with E-state index in [0.29, 0.717) is 6.61 Å². The van der Waals surface area contributed by atoms with Crippen molar-refractivity contribution in [2.24, 2.45) is 0 Å². The molecule has 0 N–H and O–H groups in total. The van der Waals surface area contributed by atoms with Crippen LogP contribution < -0.4 is 9.47 Å². The van der Waals surface area contributed by atoms with E-state index < -0.39 is 0 Å². The Kier molecular flexibility index (Phi) is 4.71. The van der Waals surface area contributed by atoms with Crippen molar-refractivity contribution in [1.29, 1.82) is 0 Å². The van der Waals surface area contributed by atoms with Crippen LogP contribution in [0.25, 0.3) is 6.08 Å². The molecule has 1 radical (unpaired) electrons. The van der Waals surface area contributed by atoms with Crippen LogP contribution in [-0.4, -0.2) is 20.8 Å². The van der Waals surface area contributed by atoms with Crippen molar-refractivity contribution in [2.75, 3.05) is 20.8 Å². The van der Waals surface area contributed by atoms with Crippen LogP contribution in [0.2, 0.25) is 0 Å². The third-order valence-electron chi connectivity index (χ3n) is 1.93. The van der Waals surface area contributed by atoms with Crippen molar-refractivity contribution in [2.45, 2.75) is 0 Å². The van der Waals surface area contributed by atoms with Crippen LogP contribution in [0.15, 0.2) is 24.3 Å². The highest BCUT2D eigenvalue weighted by molar-refractivity contribution is 5.55. The molecule has 0 fully saturated rings. The van der Waals surface area contributed by atoms with Gasteiger partial charge in [0, 0.05) is 0 Å². The van der Waals surface area contributed by atoms with Gasteiger partial charge in [0.25, 0.3) is 0 Å². The standard InChI is InChI=1S/C12H15O3/c1-13-8-4-5-10-6-7-11(14-2)12(9-10)15-3/h4-7,9H,1,8H2,2-3H3. The van der Waals surface area contributed by atoms with Crippen LogP contribution >= 0.6 is 0 Å². The zero-order valence-corrected chi connectivity index (χ0v) is 9.03. The molecule has 0 amide bonds. The van der Waals surface area contributed by atoms with E-state index in [1.807, 2.05) is 30.4 Å². The van der Waals surface area contributed by atoms with Crippen molar-refractivity contribution < 1.29 is 14.2 Å². The summed E-state index contributed by atoms with van der Waals surface area (Å²) in [7, 11) is 6.51. The summed E-state index contributed by atoms with van der Waals surface area (Å²) in [5.74, 6) is 1.44. The maximum atomic E-state index is 5.18. The smallest absolute Gasteiger partial charge is 0.161 e. The molecule has 0 heterocycles. The van der Waals surface area contributed by atoms with Crippen LogP contribution in [0.1, 0.15) is 5.56 Å². The number of hydrogen-bond donors (Lipinski definition) is 0. The van der Waals surface area contributed by atoms with Gasteiger partial charge in [-0.25, -0.2) is 0 Å². The summed E-state index contributed by atoms with van der Waals surface area (Å²) < 4.78 is 15.0. The lowest BCUT2D eigenvalue weighted by atomic mass is 10.2. The van der Waals surface area contributed by atoms with Gasteiger partial charge >= 0.3 is 0 Å². The van der Waals surface area contributed by atoms with Crippen LogP contribution in [0.4, 0.5) is 0 Å². The number of methoxy groups -OCH3 is 2. The highest BCUT2D eigenvalue weighted by Gasteiger charge is 2.01. The van der Waals surface area contributed by atoms with E-state index in [2.05, 4.69) is 11.8 Å². The summed E-state index contributed by atoms with van der Waals surface area (Å²) in [6.07, 6.45) is 3.82. The number of ether oxygens (including phenoxy) is 3. The molecule has 3 heteroatoms. The first-order valence-corrected chi connectivity index (χ1v) is 4.57. The van der Waals surface area contributed by atoms with Gasteiger partial charge in [0.2, 0.25) is 0 Å². The van der Waals surface area contributed by atoms with Gasteiger partial charge in [0.1, 0.15) is 0 Å². The molecule has 0 unspecified atom stereocenters. The molecule has 0 aliphatic rings. The second-order valence-corrected chi connectivity index (χ2v) is 2.89.